The van der Waals surface area contributed by atoms with Crippen molar-refractivity contribution in [2.45, 2.75) is 19.5 Å². The van der Waals surface area contributed by atoms with E-state index in [0.717, 1.165) is 5.56 Å². The lowest BCUT2D eigenvalue weighted by Gasteiger charge is -2.25. The molecule has 1 N–H and O–H groups in total. The molecule has 162 valence electrons. The number of halogens is 1. The number of aromatic nitrogens is 1. The Labute approximate surface area is 184 Å². The predicted octanol–water partition coefficient (Wildman–Crippen LogP) is 4.16. The summed E-state index contributed by atoms with van der Waals surface area (Å²) in [7, 11) is 1.55. The van der Waals surface area contributed by atoms with Gasteiger partial charge in [-0.25, -0.2) is 4.39 Å². The zero-order valence-corrected chi connectivity index (χ0v) is 17.6. The van der Waals surface area contributed by atoms with E-state index in [0.29, 0.717) is 16.9 Å². The van der Waals surface area contributed by atoms with Crippen LogP contribution in [0.2, 0.25) is 0 Å². The number of carbonyl (C=O) groups excluding carboxylic acids is 2. The standard InChI is InChI=1S/C25H21FN2O4/c1-15-12-18(6-7-20(15)26)23(29)21-22(17-8-10-27-11-9-17)28(25(31)24(21)30)14-16-4-3-5-19(13-16)32-2/h3-13,22,29H,14H2,1-2H3/b23-21-. The van der Waals surface area contributed by atoms with Gasteiger partial charge in [-0.3, -0.25) is 14.6 Å². The molecular formula is C25H21FN2O4. The summed E-state index contributed by atoms with van der Waals surface area (Å²) < 4.78 is 19.0. The van der Waals surface area contributed by atoms with Crippen LogP contribution in [0.4, 0.5) is 4.39 Å². The average Bonchev–Trinajstić information content (AvgIpc) is 3.06. The number of pyridine rings is 1. The number of amides is 1. The molecule has 1 fully saturated rings. The molecule has 1 aromatic heterocycles. The fraction of sp³-hybridized carbons (Fsp3) is 0.160. The van der Waals surface area contributed by atoms with Gasteiger partial charge >= 0.3 is 0 Å². The van der Waals surface area contributed by atoms with Crippen molar-refractivity contribution in [1.29, 1.82) is 0 Å². The summed E-state index contributed by atoms with van der Waals surface area (Å²) in [5, 5.41) is 11.0. The SMILES string of the molecule is COc1cccc(CN2C(=O)C(=O)/C(=C(\O)c3ccc(F)c(C)c3)C2c2ccncc2)c1. The molecule has 4 rings (SSSR count). The molecule has 1 unspecified atom stereocenters. The molecule has 0 saturated carbocycles. The summed E-state index contributed by atoms with van der Waals surface area (Å²) in [4.78, 5) is 31.5. The van der Waals surface area contributed by atoms with Crippen molar-refractivity contribution in [2.75, 3.05) is 7.11 Å². The highest BCUT2D eigenvalue weighted by Crippen LogP contribution is 2.40. The Morgan fingerprint density at radius 2 is 1.88 bits per heavy atom. The number of benzene rings is 2. The molecule has 3 aromatic rings. The first-order chi connectivity index (χ1) is 15.4. The van der Waals surface area contributed by atoms with Gasteiger partial charge in [-0.05, 0) is 66.1 Å². The van der Waals surface area contributed by atoms with Crippen LogP contribution in [0, 0.1) is 12.7 Å². The molecule has 2 aromatic carbocycles. The molecule has 7 heteroatoms. The number of aliphatic hydroxyl groups excluding tert-OH is 1. The highest BCUT2D eigenvalue weighted by molar-refractivity contribution is 6.46. The van der Waals surface area contributed by atoms with E-state index in [1.54, 1.807) is 56.8 Å². The molecule has 0 radical (unpaired) electrons. The zero-order valence-electron chi connectivity index (χ0n) is 17.6. The van der Waals surface area contributed by atoms with Crippen molar-refractivity contribution in [3.63, 3.8) is 0 Å². The molecule has 1 aliphatic rings. The third-order valence-corrected chi connectivity index (χ3v) is 5.48. The maximum atomic E-state index is 13.7. The molecule has 1 saturated heterocycles. The molecular weight excluding hydrogens is 411 g/mol. The van der Waals surface area contributed by atoms with Crippen LogP contribution >= 0.6 is 0 Å². The maximum Gasteiger partial charge on any atom is 0.295 e. The number of ketones is 1. The van der Waals surface area contributed by atoms with Crippen LogP contribution in [-0.4, -0.2) is 33.8 Å². The highest BCUT2D eigenvalue weighted by Gasteiger charge is 2.46. The van der Waals surface area contributed by atoms with E-state index in [1.807, 2.05) is 6.07 Å². The van der Waals surface area contributed by atoms with Crippen LogP contribution in [0.15, 0.2) is 72.6 Å². The lowest BCUT2D eigenvalue weighted by Crippen LogP contribution is -2.29. The van der Waals surface area contributed by atoms with Gasteiger partial charge in [0, 0.05) is 24.5 Å². The first-order valence-corrected chi connectivity index (χ1v) is 9.98. The Bertz CT molecular complexity index is 1220. The van der Waals surface area contributed by atoms with Crippen LogP contribution in [0.3, 0.4) is 0 Å². The van der Waals surface area contributed by atoms with E-state index in [2.05, 4.69) is 4.98 Å². The summed E-state index contributed by atoms with van der Waals surface area (Å²) in [6.45, 7) is 1.70. The number of hydrogen-bond acceptors (Lipinski definition) is 5. The van der Waals surface area contributed by atoms with E-state index in [-0.39, 0.29) is 23.4 Å². The zero-order chi connectivity index (χ0) is 22.8. The van der Waals surface area contributed by atoms with Crippen LogP contribution in [0.25, 0.3) is 5.76 Å². The second-order valence-corrected chi connectivity index (χ2v) is 7.52. The van der Waals surface area contributed by atoms with Gasteiger partial charge < -0.3 is 14.7 Å². The minimum Gasteiger partial charge on any atom is -0.507 e. The van der Waals surface area contributed by atoms with Crippen molar-refractivity contribution in [1.82, 2.24) is 9.88 Å². The molecule has 6 nitrogen and oxygen atoms in total. The van der Waals surface area contributed by atoms with Crippen LogP contribution < -0.4 is 4.74 Å². The summed E-state index contributed by atoms with van der Waals surface area (Å²) in [5.74, 6) is -1.67. The number of ether oxygens (including phenoxy) is 1. The number of hydrogen-bond donors (Lipinski definition) is 1. The summed E-state index contributed by atoms with van der Waals surface area (Å²) in [6.07, 6.45) is 3.12. The van der Waals surface area contributed by atoms with Gasteiger partial charge in [0.1, 0.15) is 17.3 Å². The Hall–Kier alpha value is -4.00. The van der Waals surface area contributed by atoms with Gasteiger partial charge in [-0.2, -0.15) is 0 Å². The molecule has 2 heterocycles. The third-order valence-electron chi connectivity index (χ3n) is 5.48. The first kappa shape index (κ1) is 21.2. The number of nitrogens with zero attached hydrogens (tertiary/aromatic N) is 2. The van der Waals surface area contributed by atoms with Gasteiger partial charge in [0.2, 0.25) is 0 Å². The number of aryl methyl sites for hydroxylation is 1. The second kappa shape index (κ2) is 8.63. The molecule has 0 spiro atoms. The molecule has 0 aliphatic carbocycles. The largest absolute Gasteiger partial charge is 0.507 e. The summed E-state index contributed by atoms with van der Waals surface area (Å²) >= 11 is 0. The molecule has 0 bridgehead atoms. The predicted molar refractivity (Wildman–Crippen MR) is 116 cm³/mol. The number of Topliss-reactive ketones (excluding diaryl/α,β-unsaturated/α-hetero) is 1. The maximum absolute atomic E-state index is 13.7. The van der Waals surface area contributed by atoms with Crippen LogP contribution in [-0.2, 0) is 16.1 Å². The average molecular weight is 432 g/mol. The van der Waals surface area contributed by atoms with Crippen molar-refractivity contribution < 1.29 is 23.8 Å². The van der Waals surface area contributed by atoms with Gasteiger partial charge in [0.15, 0.2) is 0 Å². The van der Waals surface area contributed by atoms with Crippen LogP contribution in [0.5, 0.6) is 5.75 Å². The van der Waals surface area contributed by atoms with Gasteiger partial charge in [-0.15, -0.1) is 0 Å². The second-order valence-electron chi connectivity index (χ2n) is 7.52. The molecule has 1 amide bonds. The van der Waals surface area contributed by atoms with Gasteiger partial charge in [-0.1, -0.05) is 12.1 Å². The minimum absolute atomic E-state index is 0.0462. The lowest BCUT2D eigenvalue weighted by molar-refractivity contribution is -0.140. The fourth-order valence-electron chi connectivity index (χ4n) is 3.85. The van der Waals surface area contributed by atoms with Crippen molar-refractivity contribution >= 4 is 17.4 Å². The Kier molecular flexibility index (Phi) is 5.73. The van der Waals surface area contributed by atoms with Crippen molar-refractivity contribution in [3.05, 3.63) is 101 Å². The van der Waals surface area contributed by atoms with Gasteiger partial charge in [0.25, 0.3) is 11.7 Å². The Morgan fingerprint density at radius 3 is 2.56 bits per heavy atom. The quantitative estimate of drug-likeness (QED) is 0.372. The van der Waals surface area contributed by atoms with E-state index in [4.69, 9.17) is 4.74 Å². The minimum atomic E-state index is -0.824. The smallest absolute Gasteiger partial charge is 0.295 e. The van der Waals surface area contributed by atoms with E-state index >= 15 is 0 Å². The molecule has 1 atom stereocenters. The van der Waals surface area contributed by atoms with Crippen molar-refractivity contribution in [3.8, 4) is 5.75 Å². The van der Waals surface area contributed by atoms with E-state index < -0.39 is 23.5 Å². The van der Waals surface area contributed by atoms with Crippen LogP contribution in [0.1, 0.15) is 28.3 Å². The van der Waals surface area contributed by atoms with E-state index in [1.165, 1.54) is 23.1 Å². The van der Waals surface area contributed by atoms with E-state index in [9.17, 15) is 19.1 Å². The Balaban J connectivity index is 1.84. The number of likely N-dealkylation sites (tertiary alicyclic amines) is 1. The summed E-state index contributed by atoms with van der Waals surface area (Å²) in [6, 6.07) is 13.8. The highest BCUT2D eigenvalue weighted by atomic mass is 19.1. The number of aliphatic hydroxyl groups is 1. The monoisotopic (exact) mass is 432 g/mol. The van der Waals surface area contributed by atoms with Gasteiger partial charge in [0.05, 0.1) is 18.7 Å². The number of carbonyl (C=O) groups is 2. The third kappa shape index (κ3) is 3.85. The summed E-state index contributed by atoms with van der Waals surface area (Å²) in [5.41, 5.74) is 1.93. The topological polar surface area (TPSA) is 79.7 Å². The number of methoxy groups -OCH3 is 1. The lowest BCUT2D eigenvalue weighted by atomic mass is 9.95. The van der Waals surface area contributed by atoms with Crippen molar-refractivity contribution in [2.24, 2.45) is 0 Å². The normalized spacial score (nSPS) is 17.6. The molecule has 32 heavy (non-hydrogen) atoms. The number of rotatable bonds is 5. The molecule has 1 aliphatic heterocycles. The Morgan fingerprint density at radius 1 is 1.12 bits per heavy atom. The first-order valence-electron chi connectivity index (χ1n) is 9.98. The fourth-order valence-corrected chi connectivity index (χ4v) is 3.85.